The molecule has 0 radical (unpaired) electrons. The van der Waals surface area contributed by atoms with Crippen molar-refractivity contribution in [3.05, 3.63) is 12.2 Å². The van der Waals surface area contributed by atoms with Gasteiger partial charge >= 0.3 is 12.1 Å². The molecule has 1 amide bonds. The molecule has 5 heteroatoms. The minimum atomic E-state index is -0.513. The maximum atomic E-state index is 12.2. The van der Waals surface area contributed by atoms with Gasteiger partial charge in [0.25, 0.3) is 0 Å². The standard InChI is InChI=1S/C14H21NO4/c1-14(2,3)19-13(17)15-9-5-4-6-10(15)11-7-8-12(16)18-11/h7-8,10-11H,4-6,9H2,1-3H3/t10-,11+/m1/s1. The zero-order chi connectivity index (χ0) is 14.0. The second-order valence-corrected chi connectivity index (χ2v) is 6.00. The fourth-order valence-corrected chi connectivity index (χ4v) is 2.44. The number of cyclic esters (lactones) is 1. The Balaban J connectivity index is 2.06. The Kier molecular flexibility index (Phi) is 3.83. The van der Waals surface area contributed by atoms with E-state index in [1.807, 2.05) is 20.8 Å². The van der Waals surface area contributed by atoms with Gasteiger partial charge in [-0.2, -0.15) is 0 Å². The van der Waals surface area contributed by atoms with Gasteiger partial charge in [-0.1, -0.05) is 0 Å². The van der Waals surface area contributed by atoms with Crippen molar-refractivity contribution < 1.29 is 19.1 Å². The van der Waals surface area contributed by atoms with Crippen LogP contribution >= 0.6 is 0 Å². The number of esters is 1. The third-order valence-electron chi connectivity index (χ3n) is 3.23. The molecule has 19 heavy (non-hydrogen) atoms. The minimum absolute atomic E-state index is 0.105. The van der Waals surface area contributed by atoms with Crippen molar-refractivity contribution in [3.8, 4) is 0 Å². The van der Waals surface area contributed by atoms with Gasteiger partial charge in [0.05, 0.1) is 6.04 Å². The molecule has 0 aromatic heterocycles. The number of carbonyl (C=O) groups excluding carboxylic acids is 2. The highest BCUT2D eigenvalue weighted by Crippen LogP contribution is 2.26. The van der Waals surface area contributed by atoms with Crippen LogP contribution in [0.1, 0.15) is 40.0 Å². The molecule has 1 saturated heterocycles. The summed E-state index contributed by atoms with van der Waals surface area (Å²) in [6, 6.07) is -0.105. The minimum Gasteiger partial charge on any atom is -0.453 e. The molecule has 0 aromatic carbocycles. The van der Waals surface area contributed by atoms with Crippen molar-refractivity contribution in [3.63, 3.8) is 0 Å². The van der Waals surface area contributed by atoms with Crippen molar-refractivity contribution in [1.82, 2.24) is 4.90 Å². The summed E-state index contributed by atoms with van der Waals surface area (Å²) in [6.07, 6.45) is 5.32. The lowest BCUT2D eigenvalue weighted by Crippen LogP contribution is -2.51. The number of piperidine rings is 1. The number of rotatable bonds is 1. The molecule has 0 aromatic rings. The number of hydrogen-bond donors (Lipinski definition) is 0. The van der Waals surface area contributed by atoms with Crippen LogP contribution in [-0.4, -0.2) is 41.3 Å². The molecule has 2 aliphatic heterocycles. The molecular weight excluding hydrogens is 246 g/mol. The molecule has 5 nitrogen and oxygen atoms in total. The van der Waals surface area contributed by atoms with Crippen LogP contribution in [0.3, 0.4) is 0 Å². The Labute approximate surface area is 113 Å². The lowest BCUT2D eigenvalue weighted by atomic mass is 9.98. The Morgan fingerprint density at radius 2 is 2.16 bits per heavy atom. The molecule has 0 saturated carbocycles. The van der Waals surface area contributed by atoms with Crippen molar-refractivity contribution >= 4 is 12.1 Å². The van der Waals surface area contributed by atoms with Crippen LogP contribution < -0.4 is 0 Å². The summed E-state index contributed by atoms with van der Waals surface area (Å²) in [5, 5.41) is 0. The quantitative estimate of drug-likeness (QED) is 0.684. The summed E-state index contributed by atoms with van der Waals surface area (Å²) in [5.41, 5.74) is -0.513. The SMILES string of the molecule is CC(C)(C)OC(=O)N1CCCC[C@@H]1[C@@H]1C=CC(=O)O1. The van der Waals surface area contributed by atoms with E-state index in [1.54, 1.807) is 11.0 Å². The van der Waals surface area contributed by atoms with Crippen molar-refractivity contribution in [2.45, 2.75) is 57.8 Å². The fraction of sp³-hybridized carbons (Fsp3) is 0.714. The first-order chi connectivity index (χ1) is 8.87. The molecule has 0 spiro atoms. The lowest BCUT2D eigenvalue weighted by molar-refractivity contribution is -0.141. The van der Waals surface area contributed by atoms with Crippen LogP contribution in [0.5, 0.6) is 0 Å². The van der Waals surface area contributed by atoms with E-state index in [0.717, 1.165) is 19.3 Å². The van der Waals surface area contributed by atoms with E-state index >= 15 is 0 Å². The van der Waals surface area contributed by atoms with Gasteiger partial charge in [0, 0.05) is 12.6 Å². The average Bonchev–Trinajstić information content (AvgIpc) is 2.73. The van der Waals surface area contributed by atoms with E-state index < -0.39 is 5.60 Å². The summed E-state index contributed by atoms with van der Waals surface area (Å²) in [7, 11) is 0. The smallest absolute Gasteiger partial charge is 0.410 e. The Morgan fingerprint density at radius 3 is 2.74 bits per heavy atom. The zero-order valence-corrected chi connectivity index (χ0v) is 11.7. The number of amides is 1. The summed E-state index contributed by atoms with van der Waals surface area (Å²) < 4.78 is 10.6. The van der Waals surface area contributed by atoms with E-state index in [-0.39, 0.29) is 24.2 Å². The number of ether oxygens (including phenoxy) is 2. The second kappa shape index (κ2) is 5.23. The second-order valence-electron chi connectivity index (χ2n) is 6.00. The number of likely N-dealkylation sites (tertiary alicyclic amines) is 1. The molecule has 2 heterocycles. The molecule has 106 valence electrons. The van der Waals surface area contributed by atoms with E-state index in [0.29, 0.717) is 6.54 Å². The highest BCUT2D eigenvalue weighted by atomic mass is 16.6. The van der Waals surface area contributed by atoms with Gasteiger partial charge in [0.2, 0.25) is 0 Å². The van der Waals surface area contributed by atoms with Crippen molar-refractivity contribution in [1.29, 1.82) is 0 Å². The third kappa shape index (κ3) is 3.49. The molecule has 2 atom stereocenters. The largest absolute Gasteiger partial charge is 0.453 e. The summed E-state index contributed by atoms with van der Waals surface area (Å²) in [5.74, 6) is -0.334. The van der Waals surface area contributed by atoms with Crippen LogP contribution in [-0.2, 0) is 14.3 Å². The first kappa shape index (κ1) is 13.9. The van der Waals surface area contributed by atoms with Crippen LogP contribution in [0.2, 0.25) is 0 Å². The van der Waals surface area contributed by atoms with Crippen molar-refractivity contribution in [2.75, 3.05) is 6.54 Å². The van der Waals surface area contributed by atoms with Crippen LogP contribution in [0, 0.1) is 0 Å². The topological polar surface area (TPSA) is 55.8 Å². The van der Waals surface area contributed by atoms with Gasteiger partial charge in [-0.3, -0.25) is 0 Å². The lowest BCUT2D eigenvalue weighted by Gasteiger charge is -2.38. The summed E-state index contributed by atoms with van der Waals surface area (Å²) >= 11 is 0. The Morgan fingerprint density at radius 1 is 1.42 bits per heavy atom. The van der Waals surface area contributed by atoms with E-state index in [4.69, 9.17) is 9.47 Å². The van der Waals surface area contributed by atoms with Crippen molar-refractivity contribution in [2.24, 2.45) is 0 Å². The summed E-state index contributed by atoms with van der Waals surface area (Å²) in [6.45, 7) is 6.19. The third-order valence-corrected chi connectivity index (χ3v) is 3.23. The molecule has 2 rings (SSSR count). The van der Waals surface area contributed by atoms with Crippen LogP contribution in [0.4, 0.5) is 4.79 Å². The highest BCUT2D eigenvalue weighted by Gasteiger charge is 2.37. The molecular formula is C14H21NO4. The predicted molar refractivity (Wildman–Crippen MR) is 69.6 cm³/mol. The van der Waals surface area contributed by atoms with E-state index in [9.17, 15) is 9.59 Å². The van der Waals surface area contributed by atoms with Gasteiger partial charge in [0.15, 0.2) is 0 Å². The Hall–Kier alpha value is -1.52. The van der Waals surface area contributed by atoms with Gasteiger partial charge in [0.1, 0.15) is 11.7 Å². The average molecular weight is 267 g/mol. The number of carbonyl (C=O) groups is 2. The number of hydrogen-bond acceptors (Lipinski definition) is 4. The molecule has 0 N–H and O–H groups in total. The fourth-order valence-electron chi connectivity index (χ4n) is 2.44. The maximum Gasteiger partial charge on any atom is 0.410 e. The zero-order valence-electron chi connectivity index (χ0n) is 11.7. The molecule has 0 unspecified atom stereocenters. The predicted octanol–water partition coefficient (Wildman–Crippen LogP) is 2.26. The first-order valence-electron chi connectivity index (χ1n) is 6.75. The molecule has 2 aliphatic rings. The molecule has 0 aliphatic carbocycles. The maximum absolute atomic E-state index is 12.2. The molecule has 1 fully saturated rings. The van der Waals surface area contributed by atoms with Crippen LogP contribution in [0.25, 0.3) is 0 Å². The highest BCUT2D eigenvalue weighted by molar-refractivity contribution is 5.84. The Bertz CT molecular complexity index is 397. The van der Waals surface area contributed by atoms with Gasteiger partial charge in [-0.05, 0) is 46.1 Å². The van der Waals surface area contributed by atoms with Crippen LogP contribution in [0.15, 0.2) is 12.2 Å². The van der Waals surface area contributed by atoms with E-state index in [1.165, 1.54) is 6.08 Å². The summed E-state index contributed by atoms with van der Waals surface area (Å²) in [4.78, 5) is 25.1. The van der Waals surface area contributed by atoms with Gasteiger partial charge in [-0.25, -0.2) is 9.59 Å². The van der Waals surface area contributed by atoms with Gasteiger partial charge < -0.3 is 14.4 Å². The number of nitrogens with zero attached hydrogens (tertiary/aromatic N) is 1. The first-order valence-corrected chi connectivity index (χ1v) is 6.75. The monoisotopic (exact) mass is 267 g/mol. The van der Waals surface area contributed by atoms with Gasteiger partial charge in [-0.15, -0.1) is 0 Å². The van der Waals surface area contributed by atoms with E-state index in [2.05, 4.69) is 0 Å². The normalized spacial score (nSPS) is 27.3. The molecule has 0 bridgehead atoms.